The van der Waals surface area contributed by atoms with Gasteiger partial charge >= 0.3 is 12.4 Å². The Kier molecular flexibility index (Phi) is 9.22. The lowest BCUT2D eigenvalue weighted by atomic mass is 9.81. The summed E-state index contributed by atoms with van der Waals surface area (Å²) in [6, 6.07) is 4.45. The van der Waals surface area contributed by atoms with E-state index in [4.69, 9.17) is 0 Å². The second kappa shape index (κ2) is 12.3. The minimum absolute atomic E-state index is 0.0359. The van der Waals surface area contributed by atoms with Crippen LogP contribution in [-0.2, 0) is 4.79 Å². The number of benzene rings is 2. The van der Waals surface area contributed by atoms with Gasteiger partial charge in [0.2, 0.25) is 11.8 Å². The van der Waals surface area contributed by atoms with Crippen molar-refractivity contribution in [3.63, 3.8) is 0 Å². The molecule has 0 saturated heterocycles. The zero-order valence-corrected chi connectivity index (χ0v) is 22.9. The molecular formula is C28H26F10N4O2. The van der Waals surface area contributed by atoms with Gasteiger partial charge in [-0.15, -0.1) is 0 Å². The monoisotopic (exact) mass is 640 g/mol. The van der Waals surface area contributed by atoms with Crippen molar-refractivity contribution in [2.75, 3.05) is 0 Å². The zero-order chi connectivity index (χ0) is 32.6. The molecule has 4 rings (SSSR count). The van der Waals surface area contributed by atoms with Crippen molar-refractivity contribution >= 4 is 22.8 Å². The minimum atomic E-state index is -5.68. The summed E-state index contributed by atoms with van der Waals surface area (Å²) in [4.78, 5) is 32.4. The van der Waals surface area contributed by atoms with Crippen LogP contribution in [0.5, 0.6) is 0 Å². The Morgan fingerprint density at radius 2 is 1.61 bits per heavy atom. The summed E-state index contributed by atoms with van der Waals surface area (Å²) in [5, 5.41) is 4.67. The first kappa shape index (κ1) is 33.1. The average molecular weight is 641 g/mol. The molecule has 3 aromatic rings. The molecule has 1 aliphatic carbocycles. The van der Waals surface area contributed by atoms with Crippen molar-refractivity contribution in [2.24, 2.45) is 11.8 Å². The van der Waals surface area contributed by atoms with Crippen molar-refractivity contribution in [3.05, 3.63) is 65.0 Å². The molecule has 2 aromatic carbocycles. The van der Waals surface area contributed by atoms with E-state index in [-0.39, 0.29) is 35.3 Å². The molecule has 0 radical (unpaired) electrons. The van der Waals surface area contributed by atoms with Gasteiger partial charge in [0, 0.05) is 19.3 Å². The normalized spacial score (nSPS) is 17.5. The highest BCUT2D eigenvalue weighted by atomic mass is 19.4. The van der Waals surface area contributed by atoms with Gasteiger partial charge in [-0.05, 0) is 61.6 Å². The SMILES string of the molecule is C[C@@H](NC(=O)CC(C(F)(F)F)C(F)(F)F)c1ccc2nc([C@@H](NC(=O)c3cc(F)ccc3F)C3CCC(F)(F)CC3)[nH]c2c1. The molecule has 2 atom stereocenters. The van der Waals surface area contributed by atoms with Gasteiger partial charge in [-0.25, -0.2) is 22.5 Å². The van der Waals surface area contributed by atoms with Gasteiger partial charge in [0.15, 0.2) is 5.92 Å². The number of halogens is 10. The van der Waals surface area contributed by atoms with Crippen LogP contribution in [0.15, 0.2) is 36.4 Å². The first-order valence-electron chi connectivity index (χ1n) is 13.4. The molecule has 0 unspecified atom stereocenters. The molecule has 16 heteroatoms. The number of carbonyl (C=O) groups excluding carboxylic acids is 2. The fourth-order valence-electron chi connectivity index (χ4n) is 5.15. The number of H-pyrrole nitrogens is 1. The van der Waals surface area contributed by atoms with Crippen molar-refractivity contribution in [1.82, 2.24) is 20.6 Å². The van der Waals surface area contributed by atoms with Gasteiger partial charge in [0.1, 0.15) is 17.5 Å². The molecule has 0 aliphatic heterocycles. The number of aromatic amines is 1. The summed E-state index contributed by atoms with van der Waals surface area (Å²) in [7, 11) is 0. The first-order valence-corrected chi connectivity index (χ1v) is 13.4. The molecule has 3 N–H and O–H groups in total. The second-order valence-electron chi connectivity index (χ2n) is 10.8. The number of hydrogen-bond donors (Lipinski definition) is 3. The highest BCUT2D eigenvalue weighted by Gasteiger charge is 2.57. The fourth-order valence-corrected chi connectivity index (χ4v) is 5.15. The van der Waals surface area contributed by atoms with E-state index in [1.54, 1.807) is 0 Å². The number of carbonyl (C=O) groups is 2. The summed E-state index contributed by atoms with van der Waals surface area (Å²) in [6.07, 6.45) is -14.2. The van der Waals surface area contributed by atoms with E-state index in [9.17, 15) is 53.5 Å². The molecular weight excluding hydrogens is 614 g/mol. The second-order valence-corrected chi connectivity index (χ2v) is 10.8. The average Bonchev–Trinajstić information content (AvgIpc) is 3.34. The van der Waals surface area contributed by atoms with Crippen LogP contribution < -0.4 is 10.6 Å². The highest BCUT2D eigenvalue weighted by molar-refractivity contribution is 5.94. The molecule has 0 bridgehead atoms. The van der Waals surface area contributed by atoms with Crippen LogP contribution in [0.2, 0.25) is 0 Å². The summed E-state index contributed by atoms with van der Waals surface area (Å²) in [5.41, 5.74) is 0.224. The molecule has 6 nitrogen and oxygen atoms in total. The van der Waals surface area contributed by atoms with Crippen LogP contribution >= 0.6 is 0 Å². The first-order chi connectivity index (χ1) is 20.3. The van der Waals surface area contributed by atoms with Crippen LogP contribution in [0.1, 0.15) is 72.9 Å². The summed E-state index contributed by atoms with van der Waals surface area (Å²) in [5.74, 6) is -11.6. The third kappa shape index (κ3) is 7.80. The predicted molar refractivity (Wildman–Crippen MR) is 136 cm³/mol. The number of alkyl halides is 8. The molecule has 240 valence electrons. The van der Waals surface area contributed by atoms with Crippen LogP contribution in [0.3, 0.4) is 0 Å². The maximum absolute atomic E-state index is 14.3. The Morgan fingerprint density at radius 1 is 0.977 bits per heavy atom. The number of hydrogen-bond acceptors (Lipinski definition) is 3. The smallest absolute Gasteiger partial charge is 0.350 e. The van der Waals surface area contributed by atoms with Crippen LogP contribution in [-0.4, -0.2) is 40.1 Å². The van der Waals surface area contributed by atoms with Crippen LogP contribution in [0, 0.1) is 23.5 Å². The predicted octanol–water partition coefficient (Wildman–Crippen LogP) is 7.45. The molecule has 44 heavy (non-hydrogen) atoms. The molecule has 1 aromatic heterocycles. The van der Waals surface area contributed by atoms with Crippen molar-refractivity contribution < 1.29 is 53.5 Å². The highest BCUT2D eigenvalue weighted by Crippen LogP contribution is 2.42. The molecule has 0 spiro atoms. The number of aromatic nitrogens is 2. The third-order valence-electron chi connectivity index (χ3n) is 7.57. The Hall–Kier alpha value is -3.85. The number of imidazole rings is 1. The lowest BCUT2D eigenvalue weighted by Gasteiger charge is -2.33. The lowest BCUT2D eigenvalue weighted by Crippen LogP contribution is -2.41. The zero-order valence-electron chi connectivity index (χ0n) is 22.9. The number of rotatable bonds is 8. The van der Waals surface area contributed by atoms with Crippen LogP contribution in [0.25, 0.3) is 11.0 Å². The van der Waals surface area contributed by atoms with E-state index in [2.05, 4.69) is 20.6 Å². The summed E-state index contributed by atoms with van der Waals surface area (Å²) in [6.45, 7) is 1.34. The third-order valence-corrected chi connectivity index (χ3v) is 7.57. The number of fused-ring (bicyclic) bond motifs is 1. The number of nitrogens with one attached hydrogen (secondary N) is 3. The van der Waals surface area contributed by atoms with Crippen molar-refractivity contribution in [3.8, 4) is 0 Å². The molecule has 1 heterocycles. The fraction of sp³-hybridized carbons (Fsp3) is 0.464. The van der Waals surface area contributed by atoms with E-state index < -0.39 is 90.5 Å². The molecule has 1 saturated carbocycles. The standard InChI is InChI=1S/C28H26F10N4O2/c1-13(39-22(43)12-21(27(33,34)35)28(36,37)38)15-2-5-19-20(10-15)41-24(40-19)23(14-6-8-26(31,32)9-7-14)42-25(44)17-11-16(29)3-4-18(17)30/h2-5,10-11,13-14,21,23H,6-9,12H2,1H3,(H,39,43)(H,40,41)(H,42,44)/t13-,23+/m1/s1. The summed E-state index contributed by atoms with van der Waals surface area (Å²) < 4.78 is 133. The van der Waals surface area contributed by atoms with Gasteiger partial charge in [-0.2, -0.15) is 26.3 Å². The largest absolute Gasteiger partial charge is 0.400 e. The maximum Gasteiger partial charge on any atom is 0.400 e. The van der Waals surface area contributed by atoms with E-state index in [0.717, 1.165) is 12.1 Å². The van der Waals surface area contributed by atoms with Gasteiger partial charge in [-0.1, -0.05) is 6.07 Å². The van der Waals surface area contributed by atoms with Gasteiger partial charge in [-0.3, -0.25) is 9.59 Å². The molecule has 2 amide bonds. The van der Waals surface area contributed by atoms with Gasteiger partial charge in [0.25, 0.3) is 5.91 Å². The van der Waals surface area contributed by atoms with Crippen LogP contribution in [0.4, 0.5) is 43.9 Å². The van der Waals surface area contributed by atoms with Crippen molar-refractivity contribution in [2.45, 2.75) is 69.4 Å². The topological polar surface area (TPSA) is 86.9 Å². The Bertz CT molecular complexity index is 1490. The van der Waals surface area contributed by atoms with Crippen molar-refractivity contribution in [1.29, 1.82) is 0 Å². The van der Waals surface area contributed by atoms with E-state index in [1.165, 1.54) is 25.1 Å². The van der Waals surface area contributed by atoms with E-state index >= 15 is 0 Å². The Labute approximate surface area is 243 Å². The molecule has 1 aliphatic rings. The number of amides is 2. The van der Waals surface area contributed by atoms with E-state index in [1.807, 2.05) is 0 Å². The Balaban J connectivity index is 1.57. The van der Waals surface area contributed by atoms with Gasteiger partial charge < -0.3 is 15.6 Å². The minimum Gasteiger partial charge on any atom is -0.350 e. The lowest BCUT2D eigenvalue weighted by molar-refractivity contribution is -0.284. The van der Waals surface area contributed by atoms with Gasteiger partial charge in [0.05, 0.1) is 28.7 Å². The summed E-state index contributed by atoms with van der Waals surface area (Å²) >= 11 is 0. The molecule has 1 fully saturated rings. The van der Waals surface area contributed by atoms with E-state index in [0.29, 0.717) is 6.07 Å². The number of nitrogens with zero attached hydrogens (tertiary/aromatic N) is 1. The maximum atomic E-state index is 14.3. The Morgan fingerprint density at radius 3 is 2.23 bits per heavy atom. The quantitative estimate of drug-likeness (QED) is 0.224.